The summed E-state index contributed by atoms with van der Waals surface area (Å²) in [6.07, 6.45) is 2.34. The number of rotatable bonds is 4. The lowest BCUT2D eigenvalue weighted by molar-refractivity contribution is 0.0940. The van der Waals surface area contributed by atoms with Crippen LogP contribution in [0.2, 0.25) is 0 Å². The van der Waals surface area contributed by atoms with Crippen LogP contribution in [0.3, 0.4) is 0 Å². The van der Waals surface area contributed by atoms with Gasteiger partial charge in [0.2, 0.25) is 0 Å². The molecule has 1 amide bonds. The summed E-state index contributed by atoms with van der Waals surface area (Å²) < 4.78 is 1.44. The van der Waals surface area contributed by atoms with E-state index in [1.54, 1.807) is 19.3 Å². The van der Waals surface area contributed by atoms with Crippen molar-refractivity contribution in [1.29, 1.82) is 0 Å². The van der Waals surface area contributed by atoms with Crippen LogP contribution in [0.25, 0.3) is 10.8 Å². The Labute approximate surface area is 140 Å². The molecule has 0 saturated carbocycles. The van der Waals surface area contributed by atoms with Gasteiger partial charge < -0.3 is 9.88 Å². The molecular weight excluding hydrogens is 300 g/mol. The third-order valence-corrected chi connectivity index (χ3v) is 4.10. The zero-order chi connectivity index (χ0) is 17.1. The van der Waals surface area contributed by atoms with Crippen molar-refractivity contribution >= 4 is 16.7 Å². The Morgan fingerprint density at radius 1 is 1.08 bits per heavy atom. The van der Waals surface area contributed by atoms with E-state index in [2.05, 4.69) is 35.6 Å². The van der Waals surface area contributed by atoms with Crippen LogP contribution < -0.4 is 10.9 Å². The molecular formula is C20H20N2O2. The Hall–Kier alpha value is -2.88. The van der Waals surface area contributed by atoms with Gasteiger partial charge in [-0.15, -0.1) is 0 Å². The van der Waals surface area contributed by atoms with Crippen LogP contribution in [0.15, 0.2) is 65.6 Å². The summed E-state index contributed by atoms with van der Waals surface area (Å²) in [6, 6.07) is 17.5. The normalized spacial score (nSPS) is 12.1. The molecule has 3 aromatic rings. The first kappa shape index (κ1) is 16.0. The number of fused-ring (bicyclic) bond motifs is 1. The molecule has 0 aliphatic carbocycles. The first-order valence-electron chi connectivity index (χ1n) is 7.98. The van der Waals surface area contributed by atoms with Crippen molar-refractivity contribution in [2.45, 2.75) is 19.4 Å². The molecule has 0 spiro atoms. The van der Waals surface area contributed by atoms with E-state index < -0.39 is 0 Å². The molecule has 0 unspecified atom stereocenters. The van der Waals surface area contributed by atoms with E-state index in [4.69, 9.17) is 0 Å². The minimum absolute atomic E-state index is 0.0253. The van der Waals surface area contributed by atoms with Gasteiger partial charge in [0.05, 0.1) is 0 Å². The van der Waals surface area contributed by atoms with Crippen LogP contribution in [0, 0.1) is 0 Å². The number of carbonyl (C=O) groups excluding carboxylic acids is 1. The van der Waals surface area contributed by atoms with Crippen LogP contribution in [0.1, 0.15) is 22.8 Å². The molecule has 0 aliphatic heterocycles. The van der Waals surface area contributed by atoms with E-state index in [1.165, 1.54) is 27.0 Å². The fourth-order valence-electron chi connectivity index (χ4n) is 2.77. The molecule has 0 saturated heterocycles. The number of carbonyl (C=O) groups is 1. The number of hydrogen-bond acceptors (Lipinski definition) is 2. The third-order valence-electron chi connectivity index (χ3n) is 4.10. The van der Waals surface area contributed by atoms with Crippen molar-refractivity contribution in [2.75, 3.05) is 0 Å². The van der Waals surface area contributed by atoms with Crippen molar-refractivity contribution in [1.82, 2.24) is 9.88 Å². The second-order valence-corrected chi connectivity index (χ2v) is 6.12. The first-order chi connectivity index (χ1) is 11.5. The number of nitrogens with zero attached hydrogens (tertiary/aromatic N) is 1. The monoisotopic (exact) mass is 320 g/mol. The molecule has 0 radical (unpaired) electrons. The topological polar surface area (TPSA) is 51.1 Å². The quantitative estimate of drug-likeness (QED) is 0.803. The molecule has 4 nitrogen and oxygen atoms in total. The molecule has 1 N–H and O–H groups in total. The fraction of sp³-hybridized carbons (Fsp3) is 0.200. The summed E-state index contributed by atoms with van der Waals surface area (Å²) in [4.78, 5) is 23.9. The number of aryl methyl sites for hydroxylation is 1. The third kappa shape index (κ3) is 3.54. The molecule has 2 aromatic carbocycles. The molecule has 1 atom stereocenters. The van der Waals surface area contributed by atoms with Gasteiger partial charge in [-0.25, -0.2) is 0 Å². The lowest BCUT2D eigenvalue weighted by Crippen LogP contribution is -2.34. The van der Waals surface area contributed by atoms with E-state index >= 15 is 0 Å². The molecule has 1 heterocycles. The maximum Gasteiger partial charge on any atom is 0.251 e. The molecule has 0 fully saturated rings. The minimum atomic E-state index is -0.221. The van der Waals surface area contributed by atoms with Crippen LogP contribution in [0.4, 0.5) is 0 Å². The highest BCUT2D eigenvalue weighted by atomic mass is 16.2. The predicted molar refractivity (Wildman–Crippen MR) is 96.3 cm³/mol. The summed E-state index contributed by atoms with van der Waals surface area (Å²) in [6.45, 7) is 1.97. The van der Waals surface area contributed by atoms with Gasteiger partial charge in [-0.3, -0.25) is 9.59 Å². The lowest BCUT2D eigenvalue weighted by Gasteiger charge is -2.14. The summed E-state index contributed by atoms with van der Waals surface area (Å²) in [5, 5.41) is 5.35. The van der Waals surface area contributed by atoms with Gasteiger partial charge in [0.25, 0.3) is 11.5 Å². The molecule has 122 valence electrons. The molecule has 4 heteroatoms. The van der Waals surface area contributed by atoms with Gasteiger partial charge in [-0.05, 0) is 35.7 Å². The average molecular weight is 320 g/mol. The fourth-order valence-corrected chi connectivity index (χ4v) is 2.77. The van der Waals surface area contributed by atoms with Gasteiger partial charge in [-0.1, -0.05) is 42.5 Å². The number of pyridine rings is 1. The van der Waals surface area contributed by atoms with Crippen molar-refractivity contribution in [3.63, 3.8) is 0 Å². The number of nitrogens with one attached hydrogen (secondary N) is 1. The smallest absolute Gasteiger partial charge is 0.251 e. The van der Waals surface area contributed by atoms with Crippen LogP contribution in [0.5, 0.6) is 0 Å². The average Bonchev–Trinajstić information content (AvgIpc) is 2.57. The number of amides is 1. The van der Waals surface area contributed by atoms with E-state index in [0.717, 1.165) is 6.42 Å². The van der Waals surface area contributed by atoms with Crippen LogP contribution in [-0.4, -0.2) is 16.5 Å². The van der Waals surface area contributed by atoms with Crippen molar-refractivity contribution < 1.29 is 4.79 Å². The van der Waals surface area contributed by atoms with E-state index in [1.807, 2.05) is 19.1 Å². The predicted octanol–water partition coefficient (Wildman–Crippen LogP) is 2.90. The second kappa shape index (κ2) is 6.71. The highest BCUT2D eigenvalue weighted by molar-refractivity contribution is 5.94. The van der Waals surface area contributed by atoms with Gasteiger partial charge in [0.15, 0.2) is 0 Å². The number of benzene rings is 2. The highest BCUT2D eigenvalue weighted by Crippen LogP contribution is 2.16. The zero-order valence-electron chi connectivity index (χ0n) is 13.8. The molecule has 0 bridgehead atoms. The van der Waals surface area contributed by atoms with Crippen LogP contribution in [-0.2, 0) is 13.5 Å². The Balaban J connectivity index is 1.69. The molecule has 1 aromatic heterocycles. The molecule has 24 heavy (non-hydrogen) atoms. The van der Waals surface area contributed by atoms with E-state index in [0.29, 0.717) is 5.56 Å². The summed E-state index contributed by atoms with van der Waals surface area (Å²) >= 11 is 0. The maximum absolute atomic E-state index is 12.3. The Kier molecular flexibility index (Phi) is 4.47. The van der Waals surface area contributed by atoms with Gasteiger partial charge in [0, 0.05) is 30.9 Å². The van der Waals surface area contributed by atoms with Gasteiger partial charge >= 0.3 is 0 Å². The summed E-state index contributed by atoms with van der Waals surface area (Å²) in [5.41, 5.74) is 1.37. The lowest BCUT2D eigenvalue weighted by atomic mass is 10.0. The SMILES string of the molecule is C[C@H](Cc1ccc2ccccc2c1)NC(=O)c1ccn(C)c(=O)c1. The Morgan fingerprint density at radius 3 is 2.58 bits per heavy atom. The van der Waals surface area contributed by atoms with Gasteiger partial charge in [-0.2, -0.15) is 0 Å². The number of hydrogen-bond donors (Lipinski definition) is 1. The number of aromatic nitrogens is 1. The molecule has 3 rings (SSSR count). The highest BCUT2D eigenvalue weighted by Gasteiger charge is 2.11. The molecule has 0 aliphatic rings. The van der Waals surface area contributed by atoms with E-state index in [-0.39, 0.29) is 17.5 Å². The van der Waals surface area contributed by atoms with Crippen LogP contribution >= 0.6 is 0 Å². The van der Waals surface area contributed by atoms with Crippen molar-refractivity contribution in [2.24, 2.45) is 7.05 Å². The van der Waals surface area contributed by atoms with Crippen molar-refractivity contribution in [3.8, 4) is 0 Å². The second-order valence-electron chi connectivity index (χ2n) is 6.12. The largest absolute Gasteiger partial charge is 0.349 e. The first-order valence-corrected chi connectivity index (χ1v) is 7.98. The summed E-state index contributed by atoms with van der Waals surface area (Å²) in [7, 11) is 1.66. The van der Waals surface area contributed by atoms with Crippen molar-refractivity contribution in [3.05, 3.63) is 82.3 Å². The summed E-state index contributed by atoms with van der Waals surface area (Å²) in [5.74, 6) is -0.221. The standard InChI is InChI=1S/C20H20N2O2/c1-14(21-20(24)18-9-10-22(2)19(23)13-18)11-15-7-8-16-5-3-4-6-17(16)12-15/h3-10,12-14H,11H2,1-2H3,(H,21,24)/t14-/m1/s1. The minimum Gasteiger partial charge on any atom is -0.349 e. The zero-order valence-corrected chi connectivity index (χ0v) is 13.8. The van der Waals surface area contributed by atoms with E-state index in [9.17, 15) is 9.59 Å². The maximum atomic E-state index is 12.3. The van der Waals surface area contributed by atoms with Gasteiger partial charge in [0.1, 0.15) is 0 Å². The Morgan fingerprint density at radius 2 is 1.83 bits per heavy atom. The Bertz CT molecular complexity index is 944.